The van der Waals surface area contributed by atoms with Crippen molar-refractivity contribution in [3.05, 3.63) is 29.8 Å². The van der Waals surface area contributed by atoms with E-state index in [0.29, 0.717) is 17.8 Å². The van der Waals surface area contributed by atoms with Crippen LogP contribution >= 0.6 is 0 Å². The molecule has 0 aromatic heterocycles. The van der Waals surface area contributed by atoms with Crippen molar-refractivity contribution in [1.82, 2.24) is 0 Å². The zero-order valence-electron chi connectivity index (χ0n) is 8.42. The fraction of sp³-hybridized carbons (Fsp3) is 0.400. The third kappa shape index (κ3) is 1.61. The molecule has 0 fully saturated rings. The Balaban J connectivity index is 2.62. The lowest BCUT2D eigenvalue weighted by Crippen LogP contribution is -2.39. The molecular formula is C10H13NO3S. The van der Waals surface area contributed by atoms with Gasteiger partial charge in [0.25, 0.3) is 0 Å². The Morgan fingerprint density at radius 2 is 2.13 bits per heavy atom. The average Bonchev–Trinajstić information content (AvgIpc) is 2.17. The first kappa shape index (κ1) is 10.4. The first-order valence-corrected chi connectivity index (χ1v) is 6.44. The fourth-order valence-corrected chi connectivity index (χ4v) is 3.51. The molecule has 82 valence electrons. The number of rotatable bonds is 1. The molecule has 15 heavy (non-hydrogen) atoms. The number of sulfonamides is 1. The Labute approximate surface area is 89.2 Å². The number of anilines is 1. The first-order valence-electron chi connectivity index (χ1n) is 4.83. The van der Waals surface area contributed by atoms with Crippen LogP contribution in [0.3, 0.4) is 0 Å². The van der Waals surface area contributed by atoms with Crippen LogP contribution in [0, 0.1) is 0 Å². The highest BCUT2D eigenvalue weighted by Crippen LogP contribution is 2.34. The summed E-state index contributed by atoms with van der Waals surface area (Å²) in [5.41, 5.74) is 1.29. The van der Waals surface area contributed by atoms with Crippen LogP contribution < -0.4 is 4.31 Å². The summed E-state index contributed by atoms with van der Waals surface area (Å²) >= 11 is 0. The normalized spacial score (nSPS) is 23.6. The predicted octanol–water partition coefficient (Wildman–Crippen LogP) is 0.890. The highest BCUT2D eigenvalue weighted by molar-refractivity contribution is 7.92. The summed E-state index contributed by atoms with van der Waals surface area (Å²) in [6, 6.07) is 7.05. The lowest BCUT2D eigenvalue weighted by atomic mass is 10.1. The van der Waals surface area contributed by atoms with Crippen LogP contribution in [0.25, 0.3) is 0 Å². The molecule has 0 spiro atoms. The van der Waals surface area contributed by atoms with Gasteiger partial charge in [0.05, 0.1) is 17.5 Å². The van der Waals surface area contributed by atoms with E-state index in [2.05, 4.69) is 0 Å². The zero-order valence-corrected chi connectivity index (χ0v) is 9.24. The lowest BCUT2D eigenvalue weighted by Gasteiger charge is -2.32. The van der Waals surface area contributed by atoms with E-state index in [1.54, 1.807) is 31.2 Å². The molecule has 1 heterocycles. The van der Waals surface area contributed by atoms with Gasteiger partial charge < -0.3 is 5.11 Å². The topological polar surface area (TPSA) is 57.6 Å². The van der Waals surface area contributed by atoms with Gasteiger partial charge >= 0.3 is 0 Å². The third-order valence-electron chi connectivity index (χ3n) is 2.56. The van der Waals surface area contributed by atoms with Crippen molar-refractivity contribution >= 4 is 15.7 Å². The molecule has 1 aromatic rings. The summed E-state index contributed by atoms with van der Waals surface area (Å²) in [6.07, 6.45) is -0.908. The molecule has 0 saturated heterocycles. The standard InChI is InChI=1S/C10H13NO3S/c1-2-11-9-6-4-3-5-8(9)10(12)7-15(11,13)14/h3-6,10,12H,2,7H2,1H3/t10-/m1/s1. The molecule has 0 aliphatic carbocycles. The molecule has 0 amide bonds. The van der Waals surface area contributed by atoms with Crippen LogP contribution in [0.15, 0.2) is 24.3 Å². The van der Waals surface area contributed by atoms with Gasteiger partial charge in [-0.2, -0.15) is 0 Å². The second-order valence-electron chi connectivity index (χ2n) is 3.52. The maximum atomic E-state index is 11.8. The van der Waals surface area contributed by atoms with E-state index in [-0.39, 0.29) is 5.75 Å². The molecule has 1 N–H and O–H groups in total. The monoisotopic (exact) mass is 227 g/mol. The van der Waals surface area contributed by atoms with Crippen LogP contribution in [0.1, 0.15) is 18.6 Å². The van der Waals surface area contributed by atoms with Crippen molar-refractivity contribution in [2.24, 2.45) is 0 Å². The molecule has 2 rings (SSSR count). The SMILES string of the molecule is CCN1c2ccccc2[C@H](O)CS1(=O)=O. The number of aliphatic hydroxyl groups excluding tert-OH is 1. The molecule has 0 saturated carbocycles. The maximum Gasteiger partial charge on any atom is 0.238 e. The summed E-state index contributed by atoms with van der Waals surface area (Å²) in [7, 11) is -3.35. The second-order valence-corrected chi connectivity index (χ2v) is 5.46. The minimum Gasteiger partial charge on any atom is -0.387 e. The molecule has 0 bridgehead atoms. The number of aliphatic hydroxyl groups is 1. The molecule has 1 aromatic carbocycles. The average molecular weight is 227 g/mol. The van der Waals surface area contributed by atoms with Gasteiger partial charge in [0.1, 0.15) is 0 Å². The van der Waals surface area contributed by atoms with Gasteiger partial charge in [-0.25, -0.2) is 8.42 Å². The molecule has 4 nitrogen and oxygen atoms in total. The van der Waals surface area contributed by atoms with Gasteiger partial charge in [-0.3, -0.25) is 4.31 Å². The Morgan fingerprint density at radius 3 is 2.80 bits per heavy atom. The van der Waals surface area contributed by atoms with Gasteiger partial charge in [0.2, 0.25) is 10.0 Å². The van der Waals surface area contributed by atoms with E-state index in [4.69, 9.17) is 0 Å². The Hall–Kier alpha value is -1.07. The van der Waals surface area contributed by atoms with Crippen LogP contribution in [0.2, 0.25) is 0 Å². The molecule has 1 aliphatic rings. The zero-order chi connectivity index (χ0) is 11.1. The summed E-state index contributed by atoms with van der Waals surface area (Å²) in [5, 5.41) is 9.70. The number of benzene rings is 1. The predicted molar refractivity (Wildman–Crippen MR) is 58.2 cm³/mol. The maximum absolute atomic E-state index is 11.8. The fourth-order valence-electron chi connectivity index (χ4n) is 1.89. The Morgan fingerprint density at radius 1 is 1.47 bits per heavy atom. The van der Waals surface area contributed by atoms with Crippen molar-refractivity contribution in [1.29, 1.82) is 0 Å². The van der Waals surface area contributed by atoms with Crippen LogP contribution in [0.4, 0.5) is 5.69 Å². The molecular weight excluding hydrogens is 214 g/mol. The highest BCUT2D eigenvalue weighted by atomic mass is 32.2. The third-order valence-corrected chi connectivity index (χ3v) is 4.42. The lowest BCUT2D eigenvalue weighted by molar-refractivity contribution is 0.200. The largest absolute Gasteiger partial charge is 0.387 e. The molecule has 0 radical (unpaired) electrons. The quantitative estimate of drug-likeness (QED) is 0.775. The smallest absolute Gasteiger partial charge is 0.238 e. The van der Waals surface area contributed by atoms with Crippen LogP contribution in [-0.2, 0) is 10.0 Å². The number of fused-ring (bicyclic) bond motifs is 1. The van der Waals surface area contributed by atoms with E-state index in [1.807, 2.05) is 0 Å². The number of para-hydroxylation sites is 1. The van der Waals surface area contributed by atoms with Crippen LogP contribution in [-0.4, -0.2) is 25.8 Å². The van der Waals surface area contributed by atoms with Gasteiger partial charge in [-0.1, -0.05) is 18.2 Å². The molecule has 0 unspecified atom stereocenters. The summed E-state index contributed by atoms with van der Waals surface area (Å²) < 4.78 is 24.8. The molecule has 5 heteroatoms. The van der Waals surface area contributed by atoms with Gasteiger partial charge in [0.15, 0.2) is 0 Å². The molecule has 1 aliphatic heterocycles. The van der Waals surface area contributed by atoms with Gasteiger partial charge in [-0.05, 0) is 13.0 Å². The Kier molecular flexibility index (Phi) is 2.44. The summed E-state index contributed by atoms with van der Waals surface area (Å²) in [6.45, 7) is 2.18. The summed E-state index contributed by atoms with van der Waals surface area (Å²) in [4.78, 5) is 0. The van der Waals surface area contributed by atoms with E-state index < -0.39 is 16.1 Å². The number of hydrogen-bond acceptors (Lipinski definition) is 3. The minimum absolute atomic E-state index is 0.224. The van der Waals surface area contributed by atoms with Crippen molar-refractivity contribution in [3.8, 4) is 0 Å². The number of hydrogen-bond donors (Lipinski definition) is 1. The Bertz CT molecular complexity index is 469. The highest BCUT2D eigenvalue weighted by Gasteiger charge is 2.33. The van der Waals surface area contributed by atoms with Gasteiger partial charge in [0, 0.05) is 12.1 Å². The first-order chi connectivity index (χ1) is 7.06. The second kappa shape index (κ2) is 3.50. The van der Waals surface area contributed by atoms with E-state index in [1.165, 1.54) is 4.31 Å². The van der Waals surface area contributed by atoms with Crippen molar-refractivity contribution in [2.75, 3.05) is 16.6 Å². The van der Waals surface area contributed by atoms with Crippen molar-refractivity contribution in [2.45, 2.75) is 13.0 Å². The van der Waals surface area contributed by atoms with Crippen molar-refractivity contribution in [3.63, 3.8) is 0 Å². The van der Waals surface area contributed by atoms with E-state index >= 15 is 0 Å². The van der Waals surface area contributed by atoms with Crippen molar-refractivity contribution < 1.29 is 13.5 Å². The number of nitrogens with zero attached hydrogens (tertiary/aromatic N) is 1. The van der Waals surface area contributed by atoms with E-state index in [0.717, 1.165) is 0 Å². The minimum atomic E-state index is -3.35. The van der Waals surface area contributed by atoms with Crippen LogP contribution in [0.5, 0.6) is 0 Å². The van der Waals surface area contributed by atoms with Gasteiger partial charge in [-0.15, -0.1) is 0 Å². The summed E-state index contributed by atoms with van der Waals surface area (Å²) in [5.74, 6) is -0.224. The molecule has 1 atom stereocenters. The van der Waals surface area contributed by atoms with E-state index in [9.17, 15) is 13.5 Å².